The first-order valence-electron chi connectivity index (χ1n) is 19.1. The Balaban J connectivity index is 1.35. The van der Waals surface area contributed by atoms with E-state index in [2.05, 4.69) is 62.0 Å². The zero-order valence-corrected chi connectivity index (χ0v) is 35.1. The van der Waals surface area contributed by atoms with Crippen molar-refractivity contribution < 1.29 is 27.1 Å². The van der Waals surface area contributed by atoms with E-state index in [-0.39, 0.29) is 0 Å². The van der Waals surface area contributed by atoms with Gasteiger partial charge in [-0.05, 0) is 0 Å². The fourth-order valence-corrected chi connectivity index (χ4v) is 12.3. The molecule has 0 saturated heterocycles. The van der Waals surface area contributed by atoms with Gasteiger partial charge < -0.3 is 0 Å². The third-order valence-electron chi connectivity index (χ3n) is 8.35. The summed E-state index contributed by atoms with van der Waals surface area (Å²) in [5.41, 5.74) is 6.61. The van der Waals surface area contributed by atoms with E-state index in [9.17, 15) is 0 Å². The molecule has 0 bridgehead atoms. The van der Waals surface area contributed by atoms with Crippen LogP contribution in [0.5, 0.6) is 17.2 Å². The van der Waals surface area contributed by atoms with Crippen molar-refractivity contribution in [1.29, 1.82) is 0 Å². The van der Waals surface area contributed by atoms with Crippen LogP contribution in [0.4, 0.5) is 0 Å². The van der Waals surface area contributed by atoms with E-state index in [0.717, 1.165) is 52.6 Å². The fourth-order valence-electron chi connectivity index (χ4n) is 5.56. The van der Waals surface area contributed by atoms with Crippen LogP contribution < -0.4 is 18.4 Å². The minimum atomic E-state index is -3.87. The van der Waals surface area contributed by atoms with Gasteiger partial charge in [0, 0.05) is 0 Å². The fraction of sp³-hybridized carbons (Fsp3) is 0.200. The number of rotatable bonds is 21. The number of nitrogens with zero attached hydrogens (tertiary/aromatic N) is 1. The zero-order valence-electron chi connectivity index (χ0n) is 32.2. The van der Waals surface area contributed by atoms with Gasteiger partial charge in [0.05, 0.1) is 0 Å². The summed E-state index contributed by atoms with van der Waals surface area (Å²) < 4.78 is 44.8. The first kappa shape index (κ1) is 41.3. The van der Waals surface area contributed by atoms with Gasteiger partial charge in [-0.25, -0.2) is 0 Å². The van der Waals surface area contributed by atoms with Crippen LogP contribution >= 0.6 is 24.7 Å². The second kappa shape index (κ2) is 21.8. The average molecular weight is 809 g/mol. The molecule has 6 rings (SSSR count). The molecule has 0 spiro atoms. The molecule has 56 heavy (non-hydrogen) atoms. The van der Waals surface area contributed by atoms with E-state index in [4.69, 9.17) is 31.7 Å². The van der Waals surface area contributed by atoms with E-state index < -0.39 is 24.7 Å². The molecule has 292 valence electrons. The maximum absolute atomic E-state index is 6.91. The molecule has 1 N–H and O–H groups in total. The third-order valence-corrected chi connectivity index (χ3v) is 14.9. The van der Waals surface area contributed by atoms with Crippen LogP contribution in [-0.4, -0.2) is 19.8 Å². The van der Waals surface area contributed by atoms with Gasteiger partial charge in [-0.15, -0.1) is 0 Å². The summed E-state index contributed by atoms with van der Waals surface area (Å²) in [7, 11) is -8.07. The maximum atomic E-state index is 6.91. The van der Waals surface area contributed by atoms with Crippen LogP contribution in [0.3, 0.4) is 0 Å². The molecule has 0 aliphatic carbocycles. The molecule has 11 heteroatoms. The van der Waals surface area contributed by atoms with Crippen molar-refractivity contribution in [2.45, 2.75) is 40.0 Å². The predicted octanol–water partition coefficient (Wildman–Crippen LogP) is 14.0. The SMILES string of the molecule is CCCOP(N[PH](N=[PH](OCCC)Oc1ccc(-c2ccccc2)cc1)(OCCC)Oc1ccc(-c2ccccc2)cc1)Oc1ccc(-c2ccccc2)cc1. The molecule has 0 heterocycles. The zero-order chi connectivity index (χ0) is 38.8. The first-order valence-corrected chi connectivity index (χ1v) is 23.4. The Morgan fingerprint density at radius 3 is 1.39 bits per heavy atom. The molecule has 6 aromatic rings. The minimum absolute atomic E-state index is 0.377. The van der Waals surface area contributed by atoms with E-state index >= 15 is 0 Å². The first-order chi connectivity index (χ1) is 27.6. The van der Waals surface area contributed by atoms with Crippen LogP contribution in [0.15, 0.2) is 168 Å². The summed E-state index contributed by atoms with van der Waals surface area (Å²) in [5, 5.41) is 0. The summed E-state index contributed by atoms with van der Waals surface area (Å²) >= 11 is 0. The van der Waals surface area contributed by atoms with Gasteiger partial charge in [0.15, 0.2) is 0 Å². The van der Waals surface area contributed by atoms with Crippen molar-refractivity contribution in [3.63, 3.8) is 0 Å². The summed E-state index contributed by atoms with van der Waals surface area (Å²) in [6.07, 6.45) is 2.31. The molecule has 0 radical (unpaired) electrons. The standard InChI is InChI=1S/C45H51N2O6P3/c1-4-34-48-54(51-43-28-22-40(23-29-43)37-16-10-7-11-17-37)46-56(50-36-6-3,53-45-32-26-42(27-33-45)39-20-14-9-15-21-39)47-55(49-35-5-2)52-44-30-24-41(25-31-44)38-18-12-8-13-19-38/h7-33,46,55-56H,4-6,34-36H2,1-3H3. The molecule has 0 aromatic heterocycles. The van der Waals surface area contributed by atoms with Gasteiger partial charge in [0.25, 0.3) is 0 Å². The number of benzene rings is 6. The Labute approximate surface area is 334 Å². The average Bonchev–Trinajstić information content (AvgIpc) is 3.25. The Kier molecular flexibility index (Phi) is 16.1. The van der Waals surface area contributed by atoms with E-state index in [0.29, 0.717) is 37.1 Å². The van der Waals surface area contributed by atoms with Crippen molar-refractivity contribution in [2.24, 2.45) is 4.52 Å². The van der Waals surface area contributed by atoms with E-state index in [1.54, 1.807) is 0 Å². The molecule has 2 unspecified atom stereocenters. The monoisotopic (exact) mass is 808 g/mol. The molecule has 8 nitrogen and oxygen atoms in total. The topological polar surface area (TPSA) is 79.8 Å². The van der Waals surface area contributed by atoms with Crippen molar-refractivity contribution in [2.75, 3.05) is 19.8 Å². The Bertz CT molecular complexity index is 2060. The molecule has 0 saturated carbocycles. The number of hydrogen-bond acceptors (Lipinski definition) is 8. The normalized spacial score (nSPS) is 12.8. The van der Waals surface area contributed by atoms with Gasteiger partial charge in [-0.2, -0.15) is 0 Å². The van der Waals surface area contributed by atoms with Crippen molar-refractivity contribution in [3.8, 4) is 50.6 Å². The molecular weight excluding hydrogens is 757 g/mol. The molecular formula is C45H51N2O6P3. The van der Waals surface area contributed by atoms with E-state index in [1.807, 2.05) is 127 Å². The Morgan fingerprint density at radius 2 is 0.929 bits per heavy atom. The molecule has 2 atom stereocenters. The number of hydrogen-bond donors (Lipinski definition) is 1. The van der Waals surface area contributed by atoms with Crippen LogP contribution in [0.1, 0.15) is 40.0 Å². The van der Waals surface area contributed by atoms with Gasteiger partial charge in [-0.3, -0.25) is 0 Å². The molecule has 0 aliphatic rings. The summed E-state index contributed by atoms with van der Waals surface area (Å²) in [5.74, 6) is 1.88. The van der Waals surface area contributed by atoms with Crippen LogP contribution in [0, 0.1) is 0 Å². The van der Waals surface area contributed by atoms with Crippen LogP contribution in [-0.2, 0) is 13.6 Å². The predicted molar refractivity (Wildman–Crippen MR) is 235 cm³/mol. The Morgan fingerprint density at radius 1 is 0.500 bits per heavy atom. The molecule has 6 aromatic carbocycles. The molecule has 0 aliphatic heterocycles. The van der Waals surface area contributed by atoms with Crippen molar-refractivity contribution >= 4 is 24.7 Å². The van der Waals surface area contributed by atoms with Crippen molar-refractivity contribution in [3.05, 3.63) is 164 Å². The molecule has 0 amide bonds. The third kappa shape index (κ3) is 12.3. The molecule has 0 fully saturated rings. The summed E-state index contributed by atoms with van der Waals surface area (Å²) in [6.45, 7) is 7.46. The van der Waals surface area contributed by atoms with Crippen LogP contribution in [0.25, 0.3) is 33.4 Å². The van der Waals surface area contributed by atoms with Gasteiger partial charge >= 0.3 is 336 Å². The quantitative estimate of drug-likeness (QED) is 0.0725. The van der Waals surface area contributed by atoms with Gasteiger partial charge in [0.2, 0.25) is 0 Å². The van der Waals surface area contributed by atoms with Crippen molar-refractivity contribution in [1.82, 2.24) is 4.86 Å². The summed E-state index contributed by atoms with van der Waals surface area (Å²) in [6, 6.07) is 54.7. The van der Waals surface area contributed by atoms with Crippen LogP contribution in [0.2, 0.25) is 0 Å². The summed E-state index contributed by atoms with van der Waals surface area (Å²) in [4.78, 5) is 3.56. The van der Waals surface area contributed by atoms with Gasteiger partial charge in [0.1, 0.15) is 0 Å². The van der Waals surface area contributed by atoms with Gasteiger partial charge in [-0.1, -0.05) is 0 Å². The second-order valence-electron chi connectivity index (χ2n) is 12.8. The number of nitrogens with one attached hydrogen (secondary N) is 1. The Hall–Kier alpha value is -4.35. The van der Waals surface area contributed by atoms with E-state index in [1.165, 1.54) is 0 Å². The second-order valence-corrected chi connectivity index (χ2v) is 18.3.